The lowest BCUT2D eigenvalue weighted by Crippen LogP contribution is -2.42. The molecule has 1 aromatic carbocycles. The molecule has 1 saturated heterocycles. The largest absolute Gasteiger partial charge is 0.489 e. The maximum Gasteiger partial charge on any atom is 0.119 e. The molecule has 0 amide bonds. The molecule has 3 heteroatoms. The second kappa shape index (κ2) is 11.6. The average Bonchev–Trinajstić information content (AvgIpc) is 2.78. The Bertz CT molecular complexity index is 749. The average molecular weight is 391 g/mol. The SMILES string of the molecule is C=C/C=C(\C=C)CN1CCC(NCc2ccc(OCC3=CCCC=C3)cc2)CC1. The van der Waals surface area contributed by atoms with Gasteiger partial charge in [-0.3, -0.25) is 4.90 Å². The van der Waals surface area contributed by atoms with E-state index in [1.165, 1.54) is 29.6 Å². The fraction of sp³-hybridized carbons (Fsp3) is 0.385. The molecule has 0 atom stereocenters. The standard InChI is InChI=1S/C26H34N2O/c1-3-8-22(4-2)20-28-17-15-25(16-18-28)27-19-23-11-13-26(14-12-23)29-21-24-9-6-5-7-10-24/h3-4,6,8-14,25,27H,1-2,5,7,15-21H2/b22-8+. The van der Waals surface area contributed by atoms with E-state index in [9.17, 15) is 0 Å². The Balaban J connectivity index is 1.36. The molecule has 1 aliphatic heterocycles. The van der Waals surface area contributed by atoms with E-state index in [0.717, 1.165) is 44.8 Å². The van der Waals surface area contributed by atoms with E-state index in [4.69, 9.17) is 4.74 Å². The summed E-state index contributed by atoms with van der Waals surface area (Å²) >= 11 is 0. The van der Waals surface area contributed by atoms with E-state index in [2.05, 4.69) is 65.9 Å². The summed E-state index contributed by atoms with van der Waals surface area (Å²) < 4.78 is 5.90. The molecule has 1 aliphatic carbocycles. The number of nitrogens with one attached hydrogen (secondary N) is 1. The number of allylic oxidation sites excluding steroid dienone is 4. The molecule has 3 nitrogen and oxygen atoms in total. The second-order valence-electron chi connectivity index (χ2n) is 7.80. The van der Waals surface area contributed by atoms with Crippen LogP contribution in [0.3, 0.4) is 0 Å². The Labute approximate surface area is 176 Å². The normalized spacial score (nSPS) is 18.3. The smallest absolute Gasteiger partial charge is 0.119 e. The van der Waals surface area contributed by atoms with Crippen LogP contribution in [0.15, 0.2) is 85.0 Å². The number of rotatable bonds is 10. The van der Waals surface area contributed by atoms with Crippen molar-refractivity contribution < 1.29 is 4.74 Å². The van der Waals surface area contributed by atoms with Gasteiger partial charge in [-0.2, -0.15) is 0 Å². The first kappa shape index (κ1) is 21.4. The van der Waals surface area contributed by atoms with Crippen molar-refractivity contribution in [2.75, 3.05) is 26.2 Å². The van der Waals surface area contributed by atoms with Gasteiger partial charge < -0.3 is 10.1 Å². The third-order valence-corrected chi connectivity index (χ3v) is 5.58. The van der Waals surface area contributed by atoms with E-state index >= 15 is 0 Å². The molecule has 1 fully saturated rings. The van der Waals surface area contributed by atoms with Crippen molar-refractivity contribution in [2.45, 2.75) is 38.3 Å². The zero-order valence-electron chi connectivity index (χ0n) is 17.5. The third-order valence-electron chi connectivity index (χ3n) is 5.58. The lowest BCUT2D eigenvalue weighted by Gasteiger charge is -2.32. The molecule has 0 bridgehead atoms. The number of piperidine rings is 1. The van der Waals surface area contributed by atoms with Gasteiger partial charge in [0.15, 0.2) is 0 Å². The number of nitrogens with zero attached hydrogens (tertiary/aromatic N) is 1. The van der Waals surface area contributed by atoms with Gasteiger partial charge in [0.05, 0.1) is 0 Å². The van der Waals surface area contributed by atoms with Gasteiger partial charge in [0, 0.05) is 19.1 Å². The molecular weight excluding hydrogens is 356 g/mol. The van der Waals surface area contributed by atoms with Crippen LogP contribution in [-0.4, -0.2) is 37.2 Å². The van der Waals surface area contributed by atoms with Crippen LogP contribution in [0.4, 0.5) is 0 Å². The van der Waals surface area contributed by atoms with Crippen LogP contribution in [0.2, 0.25) is 0 Å². The Kier molecular flexibility index (Phi) is 8.54. The van der Waals surface area contributed by atoms with Crippen molar-refractivity contribution in [3.8, 4) is 5.75 Å². The number of hydrogen-bond acceptors (Lipinski definition) is 3. The molecule has 0 saturated carbocycles. The monoisotopic (exact) mass is 390 g/mol. The first-order chi connectivity index (χ1) is 14.3. The summed E-state index contributed by atoms with van der Waals surface area (Å²) in [5, 5.41) is 3.72. The molecule has 1 aromatic rings. The molecule has 29 heavy (non-hydrogen) atoms. The van der Waals surface area contributed by atoms with Crippen LogP contribution in [0.1, 0.15) is 31.2 Å². The van der Waals surface area contributed by atoms with Crippen molar-refractivity contribution in [3.63, 3.8) is 0 Å². The molecule has 0 radical (unpaired) electrons. The van der Waals surface area contributed by atoms with Crippen molar-refractivity contribution in [2.24, 2.45) is 0 Å². The highest BCUT2D eigenvalue weighted by atomic mass is 16.5. The molecule has 0 spiro atoms. The Morgan fingerprint density at radius 3 is 2.59 bits per heavy atom. The second-order valence-corrected chi connectivity index (χ2v) is 7.80. The van der Waals surface area contributed by atoms with Gasteiger partial charge in [0.2, 0.25) is 0 Å². The number of ether oxygens (including phenoxy) is 1. The molecule has 154 valence electrons. The van der Waals surface area contributed by atoms with Gasteiger partial charge in [-0.15, -0.1) is 0 Å². The molecule has 0 aromatic heterocycles. The highest BCUT2D eigenvalue weighted by Crippen LogP contribution is 2.17. The van der Waals surface area contributed by atoms with Crippen LogP contribution < -0.4 is 10.1 Å². The van der Waals surface area contributed by atoms with Gasteiger partial charge >= 0.3 is 0 Å². The van der Waals surface area contributed by atoms with E-state index in [0.29, 0.717) is 12.6 Å². The van der Waals surface area contributed by atoms with E-state index in [1.54, 1.807) is 0 Å². The number of hydrogen-bond donors (Lipinski definition) is 1. The first-order valence-electron chi connectivity index (χ1n) is 10.7. The summed E-state index contributed by atoms with van der Waals surface area (Å²) in [7, 11) is 0. The molecule has 3 rings (SSSR count). The van der Waals surface area contributed by atoms with Crippen LogP contribution in [-0.2, 0) is 6.54 Å². The highest BCUT2D eigenvalue weighted by molar-refractivity contribution is 5.29. The fourth-order valence-corrected chi connectivity index (χ4v) is 3.80. The topological polar surface area (TPSA) is 24.5 Å². The predicted molar refractivity (Wildman–Crippen MR) is 123 cm³/mol. The fourth-order valence-electron chi connectivity index (χ4n) is 3.80. The van der Waals surface area contributed by atoms with Crippen LogP contribution in [0.5, 0.6) is 5.75 Å². The number of benzene rings is 1. The molecular formula is C26H34N2O. The van der Waals surface area contributed by atoms with Crippen molar-refractivity contribution in [3.05, 3.63) is 90.6 Å². The maximum atomic E-state index is 5.90. The first-order valence-corrected chi connectivity index (χ1v) is 10.7. The quantitative estimate of drug-likeness (QED) is 0.556. The zero-order valence-corrected chi connectivity index (χ0v) is 17.5. The highest BCUT2D eigenvalue weighted by Gasteiger charge is 2.18. The number of likely N-dealkylation sites (tertiary alicyclic amines) is 1. The van der Waals surface area contributed by atoms with Gasteiger partial charge in [0.25, 0.3) is 0 Å². The Hall–Kier alpha value is -2.36. The minimum Gasteiger partial charge on any atom is -0.489 e. The van der Waals surface area contributed by atoms with Gasteiger partial charge in [-0.25, -0.2) is 0 Å². The minimum atomic E-state index is 0.586. The van der Waals surface area contributed by atoms with Crippen LogP contribution in [0, 0.1) is 0 Å². The summed E-state index contributed by atoms with van der Waals surface area (Å²) in [4.78, 5) is 2.50. The van der Waals surface area contributed by atoms with Crippen molar-refractivity contribution in [1.82, 2.24) is 10.2 Å². The summed E-state index contributed by atoms with van der Waals surface area (Å²) in [5.74, 6) is 0.938. The third kappa shape index (κ3) is 7.19. The van der Waals surface area contributed by atoms with Crippen molar-refractivity contribution >= 4 is 0 Å². The van der Waals surface area contributed by atoms with Gasteiger partial charge in [0.1, 0.15) is 12.4 Å². The van der Waals surface area contributed by atoms with Crippen molar-refractivity contribution in [1.29, 1.82) is 0 Å². The molecule has 0 unspecified atom stereocenters. The Morgan fingerprint density at radius 2 is 1.93 bits per heavy atom. The predicted octanol–water partition coefficient (Wildman–Crippen LogP) is 5.19. The zero-order chi connectivity index (χ0) is 20.3. The van der Waals surface area contributed by atoms with Gasteiger partial charge in [-0.05, 0) is 67.6 Å². The van der Waals surface area contributed by atoms with E-state index < -0.39 is 0 Å². The van der Waals surface area contributed by atoms with Crippen LogP contribution in [0.25, 0.3) is 0 Å². The van der Waals surface area contributed by atoms with Gasteiger partial charge in [-0.1, -0.05) is 61.7 Å². The molecule has 2 aliphatic rings. The van der Waals surface area contributed by atoms with E-state index in [-0.39, 0.29) is 0 Å². The molecule has 1 heterocycles. The van der Waals surface area contributed by atoms with Crippen LogP contribution >= 0.6 is 0 Å². The summed E-state index contributed by atoms with van der Waals surface area (Å²) in [6.07, 6.45) is 17.1. The minimum absolute atomic E-state index is 0.586. The maximum absolute atomic E-state index is 5.90. The summed E-state index contributed by atoms with van der Waals surface area (Å²) in [6, 6.07) is 9.07. The molecule has 1 N–H and O–H groups in total. The lowest BCUT2D eigenvalue weighted by molar-refractivity contribution is 0.212. The van der Waals surface area contributed by atoms with E-state index in [1.807, 2.05) is 18.2 Å². The lowest BCUT2D eigenvalue weighted by atomic mass is 10.0. The Morgan fingerprint density at radius 1 is 1.14 bits per heavy atom. The summed E-state index contributed by atoms with van der Waals surface area (Å²) in [5.41, 5.74) is 3.82. The summed E-state index contributed by atoms with van der Waals surface area (Å²) in [6.45, 7) is 12.5.